The topological polar surface area (TPSA) is 23.0 Å². The molecule has 0 atom stereocenters. The van der Waals surface area contributed by atoms with Crippen LogP contribution in [0.4, 0.5) is 0 Å². The molecule has 9 aromatic carbocycles. The second-order valence-corrected chi connectivity index (χ2v) is 12.9. The maximum Gasteiger partial charge on any atom is 0.138 e. The van der Waals surface area contributed by atoms with Crippen LogP contribution in [-0.2, 0) is 0 Å². The number of fused-ring (bicyclic) bond motifs is 9. The molecule has 0 amide bonds. The number of rotatable bonds is 5. The van der Waals surface area contributed by atoms with Gasteiger partial charge in [-0.2, -0.15) is 0 Å². The van der Waals surface area contributed by atoms with Crippen LogP contribution in [-0.4, -0.2) is 9.13 Å². The smallest absolute Gasteiger partial charge is 0.138 e. The highest BCUT2D eigenvalue weighted by atomic mass is 16.3. The molecule has 0 aliphatic heterocycles. The lowest BCUT2D eigenvalue weighted by Gasteiger charge is -2.14. The van der Waals surface area contributed by atoms with Gasteiger partial charge in [0.15, 0.2) is 0 Å². The van der Waals surface area contributed by atoms with Gasteiger partial charge >= 0.3 is 0 Å². The van der Waals surface area contributed by atoms with Gasteiger partial charge in [-0.05, 0) is 88.3 Å². The molecular formula is C54H34N2O. The van der Waals surface area contributed by atoms with E-state index >= 15 is 0 Å². The molecule has 0 bridgehead atoms. The van der Waals surface area contributed by atoms with Crippen molar-refractivity contribution in [1.82, 2.24) is 9.13 Å². The number of para-hydroxylation sites is 4. The fraction of sp³-hybridized carbons (Fsp3) is 0. The lowest BCUT2D eigenvalue weighted by molar-refractivity contribution is 0.669. The van der Waals surface area contributed by atoms with Gasteiger partial charge in [-0.1, -0.05) is 145 Å². The summed E-state index contributed by atoms with van der Waals surface area (Å²) < 4.78 is 238. The van der Waals surface area contributed by atoms with Crippen LogP contribution in [0.3, 0.4) is 0 Å². The minimum absolute atomic E-state index is 0.0420. The van der Waals surface area contributed by atoms with E-state index in [1.165, 1.54) is 16.7 Å². The van der Waals surface area contributed by atoms with Crippen molar-refractivity contribution in [3.63, 3.8) is 0 Å². The Kier molecular flexibility index (Phi) is 3.46. The Morgan fingerprint density at radius 1 is 0.368 bits per heavy atom. The summed E-state index contributed by atoms with van der Waals surface area (Å²) in [4.78, 5) is 0. The summed E-state index contributed by atoms with van der Waals surface area (Å²) in [5, 5.41) is -1.52. The third-order valence-electron chi connectivity index (χ3n) is 9.84. The molecule has 3 heteroatoms. The lowest BCUT2D eigenvalue weighted by atomic mass is 10.00. The van der Waals surface area contributed by atoms with E-state index in [4.69, 9.17) is 22.2 Å². The first kappa shape index (κ1) is 15.9. The third kappa shape index (κ3) is 4.86. The predicted molar refractivity (Wildman–Crippen MR) is 239 cm³/mol. The standard InChI is InChI=1S/C54H34N2O/c1-3-15-35(16-4-1)39-33-51(54-43-22-10-14-26-52(43)57-53(54)34-39)56-48-25-13-9-21-42(48)45-32-38(28-30-50(45)56)37-27-29-49-44(31-37)41-20-8-12-24-47(41)55(49)46-23-11-7-19-40(46)36-17-5-2-6-18-36/h1-34H/i2D,5D,6D,7D,8D,9D,11D,12D,13D,17D,18D,19D,20D,21D,23D,24D,25D,26D,27D,28D,29D,30D,31D,32D,34D. The Morgan fingerprint density at radius 3 is 1.68 bits per heavy atom. The molecule has 12 aromatic rings. The van der Waals surface area contributed by atoms with Crippen molar-refractivity contribution in [2.24, 2.45) is 0 Å². The molecule has 0 saturated carbocycles. The van der Waals surface area contributed by atoms with Gasteiger partial charge in [0.1, 0.15) is 11.2 Å². The summed E-state index contributed by atoms with van der Waals surface area (Å²) in [5.74, 6) is 0. The molecule has 0 saturated heterocycles. The Morgan fingerprint density at radius 2 is 0.965 bits per heavy atom. The van der Waals surface area contributed by atoms with Crippen LogP contribution < -0.4 is 0 Å². The highest BCUT2D eigenvalue weighted by molar-refractivity contribution is 6.16. The number of hydrogen-bond donors (Lipinski definition) is 0. The average Bonchev–Trinajstić information content (AvgIpc) is 1.95. The molecule has 266 valence electrons. The molecule has 0 N–H and O–H groups in total. The van der Waals surface area contributed by atoms with Gasteiger partial charge in [0.05, 0.1) is 73.1 Å². The number of nitrogens with zero attached hydrogens (tertiary/aromatic N) is 2. The second-order valence-electron chi connectivity index (χ2n) is 12.9. The predicted octanol–water partition coefficient (Wildman–Crippen LogP) is 14.8. The molecule has 0 aliphatic rings. The third-order valence-corrected chi connectivity index (χ3v) is 9.84. The van der Waals surface area contributed by atoms with Gasteiger partial charge < -0.3 is 13.6 Å². The average molecular weight is 752 g/mol. The zero-order chi connectivity index (χ0) is 59.2. The van der Waals surface area contributed by atoms with E-state index in [9.17, 15) is 16.4 Å². The molecule has 12 rings (SSSR count). The van der Waals surface area contributed by atoms with Crippen LogP contribution in [0, 0.1) is 0 Å². The van der Waals surface area contributed by atoms with Crippen LogP contribution >= 0.6 is 0 Å². The Hall–Kier alpha value is -7.62. The molecule has 0 radical (unpaired) electrons. The maximum atomic E-state index is 10.1. The summed E-state index contributed by atoms with van der Waals surface area (Å²) >= 11 is 0. The largest absolute Gasteiger partial charge is 0.456 e. The fourth-order valence-electron chi connectivity index (χ4n) is 7.41. The van der Waals surface area contributed by atoms with Gasteiger partial charge in [-0.15, -0.1) is 0 Å². The van der Waals surface area contributed by atoms with Gasteiger partial charge in [0.2, 0.25) is 0 Å². The minimum Gasteiger partial charge on any atom is -0.456 e. The number of hydrogen-bond acceptors (Lipinski definition) is 1. The fourth-order valence-corrected chi connectivity index (χ4v) is 7.41. The second kappa shape index (κ2) is 12.5. The molecule has 0 unspecified atom stereocenters. The van der Waals surface area contributed by atoms with Crippen LogP contribution in [0.2, 0.25) is 0 Å². The Bertz CT molecular complexity index is 4960. The van der Waals surface area contributed by atoms with E-state index in [2.05, 4.69) is 0 Å². The first-order chi connectivity index (χ1) is 38.7. The van der Waals surface area contributed by atoms with Crippen LogP contribution in [0.25, 0.3) is 110 Å². The molecule has 3 nitrogen and oxygen atoms in total. The van der Waals surface area contributed by atoms with Gasteiger partial charge in [0.25, 0.3) is 0 Å². The number of aromatic nitrogens is 2. The SMILES string of the molecule is [2H]c1c([2H])c([2H])c(-c2c([2H])c([2H])c([2H])c([2H])c2-n2c3c([2H])c([2H])c([2H])c([2H])c3c3c([2H])c(-c4c([2H])c([2H])c5c(c4[2H])c4c([2H])c([2H])c([2H])c([2H])c4n5-c4cc(-c5ccccc5)c([2H])c5oc6c([2H])cccc6c45)c([2H])c([2H])c32)c([2H])c1[2H]. The van der Waals surface area contributed by atoms with Crippen molar-refractivity contribution in [2.45, 2.75) is 0 Å². The summed E-state index contributed by atoms with van der Waals surface area (Å²) in [6.07, 6.45) is 0. The monoisotopic (exact) mass is 751 g/mol. The molecule has 57 heavy (non-hydrogen) atoms. The van der Waals surface area contributed by atoms with Crippen LogP contribution in [0.1, 0.15) is 34.3 Å². The van der Waals surface area contributed by atoms with E-state index in [0.717, 1.165) is 4.57 Å². The number of furan rings is 1. The van der Waals surface area contributed by atoms with Crippen molar-refractivity contribution in [1.29, 1.82) is 0 Å². The first-order valence-electron chi connectivity index (χ1n) is 30.0. The Labute approximate surface area is 364 Å². The normalized spacial score (nSPS) is 18.0. The molecule has 0 fully saturated rings. The molecule has 3 aromatic heterocycles. The molecule has 0 aliphatic carbocycles. The quantitative estimate of drug-likeness (QED) is 0.172. The summed E-state index contributed by atoms with van der Waals surface area (Å²) in [5.41, 5.74) is -5.08. The van der Waals surface area contributed by atoms with Gasteiger partial charge in [-0.3, -0.25) is 0 Å². The highest BCUT2D eigenvalue weighted by Gasteiger charge is 2.21. The summed E-state index contributed by atoms with van der Waals surface area (Å²) in [6, 6.07) is -5.82. The van der Waals surface area contributed by atoms with Gasteiger partial charge in [0, 0.05) is 32.5 Å². The van der Waals surface area contributed by atoms with Crippen molar-refractivity contribution in [2.75, 3.05) is 0 Å². The highest BCUT2D eigenvalue weighted by Crippen LogP contribution is 2.43. The van der Waals surface area contributed by atoms with E-state index < -0.39 is 194 Å². The van der Waals surface area contributed by atoms with Crippen LogP contribution in [0.15, 0.2) is 210 Å². The van der Waals surface area contributed by atoms with Crippen molar-refractivity contribution in [3.05, 3.63) is 206 Å². The zero-order valence-electron chi connectivity index (χ0n) is 54.0. The summed E-state index contributed by atoms with van der Waals surface area (Å²) in [6.45, 7) is 0. The van der Waals surface area contributed by atoms with E-state index in [0.29, 0.717) is 10.9 Å². The summed E-state index contributed by atoms with van der Waals surface area (Å²) in [7, 11) is 0. The number of benzene rings is 9. The van der Waals surface area contributed by atoms with Crippen molar-refractivity contribution in [3.8, 4) is 44.8 Å². The van der Waals surface area contributed by atoms with Crippen molar-refractivity contribution < 1.29 is 38.7 Å². The van der Waals surface area contributed by atoms with E-state index in [1.54, 1.807) is 42.5 Å². The molecular weight excluding hydrogens is 693 g/mol. The Balaban J connectivity index is 1.28. The zero-order valence-corrected chi connectivity index (χ0v) is 29.0. The van der Waals surface area contributed by atoms with E-state index in [1.807, 2.05) is 0 Å². The maximum absolute atomic E-state index is 10.1. The minimum atomic E-state index is -1.01. The molecule has 0 spiro atoms. The first-order valence-corrected chi connectivity index (χ1v) is 17.5. The van der Waals surface area contributed by atoms with Crippen LogP contribution in [0.5, 0.6) is 0 Å². The van der Waals surface area contributed by atoms with Gasteiger partial charge in [-0.25, -0.2) is 0 Å². The lowest BCUT2D eigenvalue weighted by Crippen LogP contribution is -1.97. The van der Waals surface area contributed by atoms with E-state index in [-0.39, 0.29) is 56.3 Å². The van der Waals surface area contributed by atoms with Crippen molar-refractivity contribution >= 4 is 65.6 Å². The molecule has 3 heterocycles.